The van der Waals surface area contributed by atoms with Crippen molar-refractivity contribution in [1.82, 2.24) is 10.2 Å². The van der Waals surface area contributed by atoms with E-state index in [0.29, 0.717) is 32.0 Å². The smallest absolute Gasteiger partial charge is 0.243 e. The minimum absolute atomic E-state index is 0. The molecule has 0 radical (unpaired) electrons. The van der Waals surface area contributed by atoms with Crippen molar-refractivity contribution >= 4 is 24.2 Å². The topological polar surface area (TPSA) is 84.7 Å². The van der Waals surface area contributed by atoms with Gasteiger partial charge in [-0.1, -0.05) is 13.8 Å². The van der Waals surface area contributed by atoms with Gasteiger partial charge in [0.2, 0.25) is 11.8 Å². The van der Waals surface area contributed by atoms with Crippen LogP contribution in [-0.2, 0) is 14.3 Å². The standard InChI is InChI=1S/C19H33N3O3.ClH/c1-4-25-15-10-19(20,18(15,2)3)17(24)22-9-5-6-14(12-22)16(23)21-11-13-7-8-13;/h13-15H,4-12,20H2,1-3H3,(H,21,23);1H. The predicted molar refractivity (Wildman–Crippen MR) is 103 cm³/mol. The minimum Gasteiger partial charge on any atom is -0.378 e. The van der Waals surface area contributed by atoms with Crippen LogP contribution in [-0.4, -0.2) is 54.6 Å². The zero-order valence-electron chi connectivity index (χ0n) is 16.3. The Morgan fingerprint density at radius 1 is 1.27 bits per heavy atom. The monoisotopic (exact) mass is 387 g/mol. The van der Waals surface area contributed by atoms with E-state index in [2.05, 4.69) is 5.32 Å². The first-order valence-electron chi connectivity index (χ1n) is 9.77. The highest BCUT2D eigenvalue weighted by Crippen LogP contribution is 2.50. The van der Waals surface area contributed by atoms with Crippen LogP contribution in [0.1, 0.15) is 52.9 Å². The van der Waals surface area contributed by atoms with Gasteiger partial charge < -0.3 is 20.7 Å². The SMILES string of the molecule is CCOC1CC(N)(C(=O)N2CCCC(C(=O)NCC3CC3)C2)C1(C)C.Cl. The summed E-state index contributed by atoms with van der Waals surface area (Å²) in [5.41, 5.74) is 5.25. The molecule has 3 fully saturated rings. The van der Waals surface area contributed by atoms with Gasteiger partial charge in [-0.2, -0.15) is 0 Å². The summed E-state index contributed by atoms with van der Waals surface area (Å²) < 4.78 is 5.73. The number of piperidine rings is 1. The third kappa shape index (κ3) is 3.87. The van der Waals surface area contributed by atoms with E-state index in [1.165, 1.54) is 12.8 Å². The van der Waals surface area contributed by atoms with Gasteiger partial charge in [-0.05, 0) is 38.5 Å². The average molecular weight is 388 g/mol. The predicted octanol–water partition coefficient (Wildman–Crippen LogP) is 1.71. The molecule has 1 heterocycles. The number of carbonyl (C=O) groups is 2. The third-order valence-electron chi connectivity index (χ3n) is 6.55. The fourth-order valence-corrected chi connectivity index (χ4v) is 4.17. The van der Waals surface area contributed by atoms with Crippen LogP contribution in [0.25, 0.3) is 0 Å². The molecule has 26 heavy (non-hydrogen) atoms. The molecule has 3 atom stereocenters. The molecule has 2 aliphatic carbocycles. The first kappa shape index (κ1) is 21.5. The molecule has 0 aromatic rings. The Hall–Kier alpha value is -0.850. The molecule has 0 bridgehead atoms. The van der Waals surface area contributed by atoms with Crippen molar-refractivity contribution in [3.05, 3.63) is 0 Å². The summed E-state index contributed by atoms with van der Waals surface area (Å²) in [5.74, 6) is 0.637. The number of rotatable bonds is 6. The van der Waals surface area contributed by atoms with Crippen molar-refractivity contribution in [3.63, 3.8) is 0 Å². The molecule has 150 valence electrons. The van der Waals surface area contributed by atoms with Crippen LogP contribution in [0, 0.1) is 17.3 Å². The van der Waals surface area contributed by atoms with Crippen LogP contribution >= 0.6 is 12.4 Å². The maximum Gasteiger partial charge on any atom is 0.243 e. The first-order valence-corrected chi connectivity index (χ1v) is 9.77. The van der Waals surface area contributed by atoms with Gasteiger partial charge in [0.15, 0.2) is 0 Å². The summed E-state index contributed by atoms with van der Waals surface area (Å²) in [6.45, 7) is 8.59. The molecule has 2 amide bonds. The Morgan fingerprint density at radius 3 is 2.54 bits per heavy atom. The summed E-state index contributed by atoms with van der Waals surface area (Å²) in [5, 5.41) is 3.05. The lowest BCUT2D eigenvalue weighted by Gasteiger charge is -2.59. The maximum absolute atomic E-state index is 13.1. The Labute approximate surface area is 163 Å². The zero-order chi connectivity index (χ0) is 18.2. The van der Waals surface area contributed by atoms with E-state index < -0.39 is 5.54 Å². The van der Waals surface area contributed by atoms with Crippen LogP contribution in [0.4, 0.5) is 0 Å². The lowest BCUT2D eigenvalue weighted by Crippen LogP contribution is -2.76. The number of nitrogens with zero attached hydrogens (tertiary/aromatic N) is 1. The van der Waals surface area contributed by atoms with E-state index in [0.717, 1.165) is 19.4 Å². The summed E-state index contributed by atoms with van der Waals surface area (Å²) in [6, 6.07) is 0. The normalized spacial score (nSPS) is 33.0. The number of amides is 2. The van der Waals surface area contributed by atoms with Crippen LogP contribution in [0.2, 0.25) is 0 Å². The van der Waals surface area contributed by atoms with Crippen molar-refractivity contribution in [3.8, 4) is 0 Å². The summed E-state index contributed by atoms with van der Waals surface area (Å²) in [7, 11) is 0. The highest BCUT2D eigenvalue weighted by Gasteiger charge is 2.63. The first-order chi connectivity index (χ1) is 11.8. The number of hydrogen-bond donors (Lipinski definition) is 2. The second-order valence-corrected chi connectivity index (χ2v) is 8.62. The van der Waals surface area contributed by atoms with Crippen LogP contribution in [0.5, 0.6) is 0 Å². The lowest BCUT2D eigenvalue weighted by molar-refractivity contribution is -0.180. The lowest BCUT2D eigenvalue weighted by atomic mass is 9.54. The molecule has 0 spiro atoms. The molecule has 0 aromatic carbocycles. The van der Waals surface area contributed by atoms with Gasteiger partial charge in [-0.15, -0.1) is 12.4 Å². The van der Waals surface area contributed by atoms with E-state index in [1.807, 2.05) is 25.7 Å². The van der Waals surface area contributed by atoms with Gasteiger partial charge in [0, 0.05) is 38.1 Å². The Balaban J connectivity index is 0.00000243. The molecule has 0 aromatic heterocycles. The number of hydrogen-bond acceptors (Lipinski definition) is 4. The number of nitrogens with one attached hydrogen (secondary N) is 1. The fraction of sp³-hybridized carbons (Fsp3) is 0.895. The van der Waals surface area contributed by atoms with E-state index in [-0.39, 0.29) is 41.7 Å². The second-order valence-electron chi connectivity index (χ2n) is 8.62. The zero-order valence-corrected chi connectivity index (χ0v) is 17.1. The molecule has 6 nitrogen and oxygen atoms in total. The van der Waals surface area contributed by atoms with Crippen molar-refractivity contribution in [2.75, 3.05) is 26.2 Å². The molecule has 2 saturated carbocycles. The van der Waals surface area contributed by atoms with Crippen LogP contribution < -0.4 is 11.1 Å². The Morgan fingerprint density at radius 2 is 1.96 bits per heavy atom. The number of likely N-dealkylation sites (tertiary alicyclic amines) is 1. The quantitative estimate of drug-likeness (QED) is 0.726. The van der Waals surface area contributed by atoms with Crippen LogP contribution in [0.15, 0.2) is 0 Å². The highest BCUT2D eigenvalue weighted by molar-refractivity contribution is 5.89. The molecule has 3 rings (SSSR count). The summed E-state index contributed by atoms with van der Waals surface area (Å²) in [4.78, 5) is 27.3. The van der Waals surface area contributed by atoms with E-state index >= 15 is 0 Å². The van der Waals surface area contributed by atoms with Gasteiger partial charge in [-0.3, -0.25) is 9.59 Å². The van der Waals surface area contributed by atoms with Gasteiger partial charge in [-0.25, -0.2) is 0 Å². The maximum atomic E-state index is 13.1. The third-order valence-corrected chi connectivity index (χ3v) is 6.55. The number of ether oxygens (including phenoxy) is 1. The van der Waals surface area contributed by atoms with Crippen molar-refractivity contribution in [2.24, 2.45) is 23.0 Å². The van der Waals surface area contributed by atoms with E-state index in [9.17, 15) is 9.59 Å². The van der Waals surface area contributed by atoms with Crippen LogP contribution in [0.3, 0.4) is 0 Å². The number of halogens is 1. The van der Waals surface area contributed by atoms with Gasteiger partial charge in [0.25, 0.3) is 0 Å². The molecule has 1 saturated heterocycles. The average Bonchev–Trinajstić information content (AvgIpc) is 3.43. The fourth-order valence-electron chi connectivity index (χ4n) is 4.17. The van der Waals surface area contributed by atoms with Gasteiger partial charge in [0.05, 0.1) is 12.0 Å². The molecule has 3 unspecified atom stereocenters. The number of nitrogens with two attached hydrogens (primary N) is 1. The van der Waals surface area contributed by atoms with E-state index in [1.54, 1.807) is 0 Å². The minimum atomic E-state index is -0.890. The molecule has 3 aliphatic rings. The van der Waals surface area contributed by atoms with Gasteiger partial charge >= 0.3 is 0 Å². The van der Waals surface area contributed by atoms with Crippen molar-refractivity contribution in [1.29, 1.82) is 0 Å². The molecular formula is C19H34ClN3O3. The van der Waals surface area contributed by atoms with Gasteiger partial charge in [0.1, 0.15) is 5.54 Å². The summed E-state index contributed by atoms with van der Waals surface area (Å²) in [6.07, 6.45) is 4.74. The molecular weight excluding hydrogens is 354 g/mol. The Kier molecular flexibility index (Phi) is 6.62. The molecule has 3 N–H and O–H groups in total. The highest BCUT2D eigenvalue weighted by atomic mass is 35.5. The second kappa shape index (κ2) is 8.03. The Bertz CT molecular complexity index is 538. The molecule has 7 heteroatoms. The number of carbonyl (C=O) groups excluding carboxylic acids is 2. The van der Waals surface area contributed by atoms with Crippen molar-refractivity contribution < 1.29 is 14.3 Å². The summed E-state index contributed by atoms with van der Waals surface area (Å²) >= 11 is 0. The van der Waals surface area contributed by atoms with Crippen molar-refractivity contribution in [2.45, 2.75) is 64.5 Å². The molecule has 1 aliphatic heterocycles. The largest absolute Gasteiger partial charge is 0.378 e. The van der Waals surface area contributed by atoms with E-state index in [4.69, 9.17) is 10.5 Å².